The first-order valence-corrected chi connectivity index (χ1v) is 6.10. The second kappa shape index (κ2) is 7.66. The maximum absolute atomic E-state index is 11.2. The summed E-state index contributed by atoms with van der Waals surface area (Å²) in [5.74, 6) is -0.675. The van der Waals surface area contributed by atoms with Crippen LogP contribution < -0.4 is 10.5 Å². The van der Waals surface area contributed by atoms with Crippen molar-refractivity contribution in [2.75, 3.05) is 13.7 Å². The highest BCUT2D eigenvalue weighted by molar-refractivity contribution is 5.70. The lowest BCUT2D eigenvalue weighted by Gasteiger charge is -2.12. The summed E-state index contributed by atoms with van der Waals surface area (Å²) in [6.45, 7) is 0.601. The number of carboxylic acids is 1. The molecule has 0 aromatic carbocycles. The summed E-state index contributed by atoms with van der Waals surface area (Å²) in [4.78, 5) is 15.4. The largest absolute Gasteiger partial charge is 0.481 e. The lowest BCUT2D eigenvalue weighted by atomic mass is 9.96. The molecule has 0 amide bonds. The lowest BCUT2D eigenvalue weighted by Crippen LogP contribution is -2.17. The maximum atomic E-state index is 11.2. The highest BCUT2D eigenvalue weighted by atomic mass is 16.5. The summed E-state index contributed by atoms with van der Waals surface area (Å²) < 4.78 is 5.02. The van der Waals surface area contributed by atoms with Crippen molar-refractivity contribution in [3.8, 4) is 5.88 Å². The number of aromatic nitrogens is 1. The number of nitrogens with two attached hydrogens (primary N) is 1. The van der Waals surface area contributed by atoms with Crippen molar-refractivity contribution >= 4 is 5.97 Å². The van der Waals surface area contributed by atoms with Gasteiger partial charge in [0.25, 0.3) is 0 Å². The third-order valence-corrected chi connectivity index (χ3v) is 2.80. The average molecular weight is 252 g/mol. The van der Waals surface area contributed by atoms with Gasteiger partial charge < -0.3 is 15.6 Å². The molecule has 1 aromatic rings. The molecule has 0 bridgehead atoms. The van der Waals surface area contributed by atoms with E-state index >= 15 is 0 Å². The first-order chi connectivity index (χ1) is 8.67. The van der Waals surface area contributed by atoms with Crippen LogP contribution in [0.1, 0.15) is 25.0 Å². The van der Waals surface area contributed by atoms with E-state index in [1.807, 2.05) is 12.1 Å². The summed E-state index contributed by atoms with van der Waals surface area (Å²) >= 11 is 0. The maximum Gasteiger partial charge on any atom is 0.306 e. The van der Waals surface area contributed by atoms with Gasteiger partial charge in [-0.2, -0.15) is 0 Å². The molecular weight excluding hydrogens is 232 g/mol. The van der Waals surface area contributed by atoms with Crippen LogP contribution in [-0.4, -0.2) is 29.7 Å². The van der Waals surface area contributed by atoms with Gasteiger partial charge in [-0.1, -0.05) is 12.5 Å². The van der Waals surface area contributed by atoms with Gasteiger partial charge in [0.2, 0.25) is 5.88 Å². The van der Waals surface area contributed by atoms with E-state index in [0.29, 0.717) is 25.3 Å². The molecule has 18 heavy (non-hydrogen) atoms. The fraction of sp³-hybridized carbons (Fsp3) is 0.538. The summed E-state index contributed by atoms with van der Waals surface area (Å²) in [5, 5.41) is 9.17. The Balaban J connectivity index is 2.61. The van der Waals surface area contributed by atoms with E-state index in [1.54, 1.807) is 13.2 Å². The van der Waals surface area contributed by atoms with E-state index in [0.717, 1.165) is 18.5 Å². The molecular formula is C13H20N2O3. The zero-order valence-corrected chi connectivity index (χ0v) is 10.6. The molecule has 1 heterocycles. The van der Waals surface area contributed by atoms with Crippen molar-refractivity contribution in [2.24, 2.45) is 11.7 Å². The van der Waals surface area contributed by atoms with Crippen LogP contribution in [0.4, 0.5) is 0 Å². The molecule has 0 radical (unpaired) electrons. The van der Waals surface area contributed by atoms with Crippen molar-refractivity contribution in [1.82, 2.24) is 4.98 Å². The molecule has 3 N–H and O–H groups in total. The molecule has 1 rings (SSSR count). The fourth-order valence-corrected chi connectivity index (χ4v) is 1.79. The number of aliphatic carboxylic acids is 1. The number of pyridine rings is 1. The van der Waals surface area contributed by atoms with E-state index < -0.39 is 11.9 Å². The monoisotopic (exact) mass is 252 g/mol. The van der Waals surface area contributed by atoms with Crippen LogP contribution in [-0.2, 0) is 11.2 Å². The van der Waals surface area contributed by atoms with Crippen molar-refractivity contribution in [3.63, 3.8) is 0 Å². The number of rotatable bonds is 8. The van der Waals surface area contributed by atoms with Crippen LogP contribution >= 0.6 is 0 Å². The van der Waals surface area contributed by atoms with Gasteiger partial charge >= 0.3 is 5.97 Å². The van der Waals surface area contributed by atoms with Gasteiger partial charge in [-0.15, -0.1) is 0 Å². The Hall–Kier alpha value is -1.62. The van der Waals surface area contributed by atoms with Gasteiger partial charge in [0.1, 0.15) is 0 Å². The minimum Gasteiger partial charge on any atom is -0.481 e. The molecule has 0 aliphatic heterocycles. The van der Waals surface area contributed by atoms with Gasteiger partial charge in [-0.05, 0) is 25.5 Å². The molecule has 0 saturated carbocycles. The average Bonchev–Trinajstić information content (AvgIpc) is 2.38. The Morgan fingerprint density at radius 1 is 1.50 bits per heavy atom. The number of hydrogen-bond donors (Lipinski definition) is 2. The van der Waals surface area contributed by atoms with Gasteiger partial charge in [0.15, 0.2) is 0 Å². The van der Waals surface area contributed by atoms with Gasteiger partial charge in [-0.3, -0.25) is 4.79 Å². The fourth-order valence-electron chi connectivity index (χ4n) is 1.79. The number of carboxylic acid groups (broad SMARTS) is 1. The Morgan fingerprint density at radius 2 is 2.28 bits per heavy atom. The van der Waals surface area contributed by atoms with Gasteiger partial charge in [0, 0.05) is 18.2 Å². The normalized spacial score (nSPS) is 12.1. The van der Waals surface area contributed by atoms with Crippen molar-refractivity contribution < 1.29 is 14.6 Å². The van der Waals surface area contributed by atoms with Crippen LogP contribution in [0, 0.1) is 5.92 Å². The van der Waals surface area contributed by atoms with E-state index in [9.17, 15) is 9.90 Å². The van der Waals surface area contributed by atoms with Crippen molar-refractivity contribution in [1.29, 1.82) is 0 Å². The molecule has 0 aliphatic rings. The zero-order valence-electron chi connectivity index (χ0n) is 10.6. The molecule has 0 aliphatic carbocycles. The van der Waals surface area contributed by atoms with Crippen LogP contribution in [0.25, 0.3) is 0 Å². The number of ether oxygens (including phenoxy) is 1. The summed E-state index contributed by atoms with van der Waals surface area (Å²) in [6, 6.07) is 5.38. The molecule has 5 nitrogen and oxygen atoms in total. The van der Waals surface area contributed by atoms with E-state index in [2.05, 4.69) is 4.98 Å². The third-order valence-electron chi connectivity index (χ3n) is 2.80. The van der Waals surface area contributed by atoms with E-state index in [4.69, 9.17) is 10.5 Å². The number of hydrogen-bond acceptors (Lipinski definition) is 4. The SMILES string of the molecule is COc1cccc(CC(CCCCN)C(=O)O)n1. The minimum absolute atomic E-state index is 0.406. The van der Waals surface area contributed by atoms with Crippen molar-refractivity contribution in [3.05, 3.63) is 23.9 Å². The predicted molar refractivity (Wildman–Crippen MR) is 68.5 cm³/mol. The molecule has 5 heteroatoms. The first kappa shape index (κ1) is 14.4. The third kappa shape index (κ3) is 4.71. The number of carbonyl (C=O) groups is 1. The predicted octanol–water partition coefficient (Wildman–Crippen LogP) is 1.46. The number of methoxy groups -OCH3 is 1. The van der Waals surface area contributed by atoms with Crippen LogP contribution in [0.2, 0.25) is 0 Å². The van der Waals surface area contributed by atoms with E-state index in [-0.39, 0.29) is 0 Å². The molecule has 100 valence electrons. The topological polar surface area (TPSA) is 85.4 Å². The Morgan fingerprint density at radius 3 is 2.89 bits per heavy atom. The van der Waals surface area contributed by atoms with Gasteiger partial charge in [-0.25, -0.2) is 4.98 Å². The molecule has 0 saturated heterocycles. The molecule has 0 fully saturated rings. The second-order valence-electron chi connectivity index (χ2n) is 4.20. The number of nitrogens with zero attached hydrogens (tertiary/aromatic N) is 1. The standard InChI is InChI=1S/C13H20N2O3/c1-18-12-7-4-6-11(15-12)9-10(13(16)17)5-2-3-8-14/h4,6-7,10H,2-3,5,8-9,14H2,1H3,(H,16,17). The Bertz CT molecular complexity index is 382. The Labute approximate surface area is 107 Å². The summed E-state index contributed by atoms with van der Waals surface area (Å²) in [6.07, 6.45) is 2.75. The first-order valence-electron chi connectivity index (χ1n) is 6.10. The van der Waals surface area contributed by atoms with Crippen LogP contribution in [0.5, 0.6) is 5.88 Å². The van der Waals surface area contributed by atoms with Crippen molar-refractivity contribution in [2.45, 2.75) is 25.7 Å². The zero-order chi connectivity index (χ0) is 13.4. The highest BCUT2D eigenvalue weighted by Crippen LogP contribution is 2.16. The highest BCUT2D eigenvalue weighted by Gasteiger charge is 2.18. The quantitative estimate of drug-likeness (QED) is 0.684. The molecule has 0 spiro atoms. The molecule has 1 unspecified atom stereocenters. The molecule has 1 atom stereocenters. The molecule has 1 aromatic heterocycles. The van der Waals surface area contributed by atoms with E-state index in [1.165, 1.54) is 0 Å². The lowest BCUT2D eigenvalue weighted by molar-refractivity contribution is -0.142. The van der Waals surface area contributed by atoms with Crippen LogP contribution in [0.3, 0.4) is 0 Å². The summed E-state index contributed by atoms with van der Waals surface area (Å²) in [7, 11) is 1.54. The summed E-state index contributed by atoms with van der Waals surface area (Å²) in [5.41, 5.74) is 6.15. The smallest absolute Gasteiger partial charge is 0.306 e. The van der Waals surface area contributed by atoms with Gasteiger partial charge in [0.05, 0.1) is 13.0 Å². The minimum atomic E-state index is -0.781. The second-order valence-corrected chi connectivity index (χ2v) is 4.20. The Kier molecular flexibility index (Phi) is 6.14. The number of unbranched alkanes of at least 4 members (excludes halogenated alkanes) is 1. The van der Waals surface area contributed by atoms with Crippen LogP contribution in [0.15, 0.2) is 18.2 Å².